The number of aliphatic hydroxyl groups excluding tert-OH is 5. The summed E-state index contributed by atoms with van der Waals surface area (Å²) < 4.78 is 11.3. The van der Waals surface area contributed by atoms with Gasteiger partial charge in [-0.3, -0.25) is 4.79 Å². The summed E-state index contributed by atoms with van der Waals surface area (Å²) in [6.45, 7) is 3.75. The van der Waals surface area contributed by atoms with E-state index in [-0.39, 0.29) is 12.5 Å². The largest absolute Gasteiger partial charge is 0.394 e. The first-order valence-electron chi connectivity index (χ1n) is 30.0. The number of hydrogen-bond acceptors (Lipinski definition) is 8. The maximum Gasteiger partial charge on any atom is 0.220 e. The van der Waals surface area contributed by atoms with Gasteiger partial charge in [-0.05, 0) is 57.8 Å². The van der Waals surface area contributed by atoms with Gasteiger partial charge in [-0.15, -0.1) is 0 Å². The van der Waals surface area contributed by atoms with Crippen LogP contribution < -0.4 is 5.32 Å². The van der Waals surface area contributed by atoms with Crippen LogP contribution in [-0.4, -0.2) is 87.5 Å². The summed E-state index contributed by atoms with van der Waals surface area (Å²) in [6, 6.07) is -0.721. The first-order chi connectivity index (χ1) is 34.8. The zero-order valence-electron chi connectivity index (χ0n) is 46.0. The molecule has 0 aromatic rings. The van der Waals surface area contributed by atoms with E-state index >= 15 is 0 Å². The Labute approximate surface area is 436 Å². The van der Waals surface area contributed by atoms with Crippen LogP contribution in [-0.2, 0) is 14.3 Å². The molecular formula is C62H113NO8. The molecule has 0 aromatic heterocycles. The van der Waals surface area contributed by atoms with Gasteiger partial charge < -0.3 is 40.3 Å². The van der Waals surface area contributed by atoms with Crippen molar-refractivity contribution in [2.45, 2.75) is 314 Å². The van der Waals surface area contributed by atoms with Gasteiger partial charge in [0, 0.05) is 6.42 Å². The average molecular weight is 1000 g/mol. The fourth-order valence-electron chi connectivity index (χ4n) is 9.43. The lowest BCUT2D eigenvalue weighted by Gasteiger charge is -2.40. The molecule has 0 aliphatic carbocycles. The van der Waals surface area contributed by atoms with Crippen molar-refractivity contribution in [3.63, 3.8) is 0 Å². The predicted octanol–water partition coefficient (Wildman–Crippen LogP) is 15.1. The lowest BCUT2D eigenvalue weighted by Crippen LogP contribution is -2.60. The molecular weight excluding hydrogens is 887 g/mol. The van der Waals surface area contributed by atoms with Crippen LogP contribution in [0.5, 0.6) is 0 Å². The summed E-state index contributed by atoms with van der Waals surface area (Å²) in [4.78, 5) is 13.1. The molecule has 1 rings (SSSR count). The summed E-state index contributed by atoms with van der Waals surface area (Å²) in [6.07, 6.45) is 62.5. The van der Waals surface area contributed by atoms with Crippen molar-refractivity contribution in [3.05, 3.63) is 60.8 Å². The molecule has 0 radical (unpaired) electrons. The van der Waals surface area contributed by atoms with E-state index in [9.17, 15) is 30.3 Å². The summed E-state index contributed by atoms with van der Waals surface area (Å²) in [5, 5.41) is 54.7. The highest BCUT2D eigenvalue weighted by Crippen LogP contribution is 2.23. The van der Waals surface area contributed by atoms with Gasteiger partial charge in [-0.2, -0.15) is 0 Å². The van der Waals surface area contributed by atoms with E-state index < -0.39 is 49.5 Å². The number of carbonyl (C=O) groups excluding carboxylic acids is 1. The van der Waals surface area contributed by atoms with Crippen molar-refractivity contribution in [2.24, 2.45) is 0 Å². The summed E-state index contributed by atoms with van der Waals surface area (Å²) in [5.41, 5.74) is 0. The first-order valence-corrected chi connectivity index (χ1v) is 30.0. The number of nitrogens with one attached hydrogen (secondary N) is 1. The van der Waals surface area contributed by atoms with Gasteiger partial charge in [0.15, 0.2) is 6.29 Å². The van der Waals surface area contributed by atoms with Crippen LogP contribution in [0.2, 0.25) is 0 Å². The fourth-order valence-corrected chi connectivity index (χ4v) is 9.43. The monoisotopic (exact) mass is 1000 g/mol. The Balaban J connectivity index is 2.15. The summed E-state index contributed by atoms with van der Waals surface area (Å²) in [7, 11) is 0. The summed E-state index contributed by atoms with van der Waals surface area (Å²) in [5.74, 6) is -0.143. The molecule has 1 aliphatic rings. The minimum absolute atomic E-state index is 0.137. The number of hydrogen-bond donors (Lipinski definition) is 6. The predicted molar refractivity (Wildman–Crippen MR) is 299 cm³/mol. The van der Waals surface area contributed by atoms with Crippen molar-refractivity contribution in [3.8, 4) is 0 Å². The maximum absolute atomic E-state index is 13.1. The van der Waals surface area contributed by atoms with Crippen LogP contribution >= 0.6 is 0 Å². The third-order valence-electron chi connectivity index (χ3n) is 14.1. The molecule has 1 heterocycles. The normalized spacial score (nSPS) is 19.7. The van der Waals surface area contributed by atoms with Crippen LogP contribution in [0.4, 0.5) is 0 Å². The van der Waals surface area contributed by atoms with Crippen molar-refractivity contribution < 1.29 is 39.8 Å². The molecule has 1 fully saturated rings. The highest BCUT2D eigenvalue weighted by Gasteiger charge is 2.44. The van der Waals surface area contributed by atoms with Crippen molar-refractivity contribution in [2.75, 3.05) is 13.2 Å². The molecule has 0 bridgehead atoms. The molecule has 1 saturated heterocycles. The summed E-state index contributed by atoms with van der Waals surface area (Å²) >= 11 is 0. The Morgan fingerprint density at radius 1 is 0.493 bits per heavy atom. The second-order valence-electron chi connectivity index (χ2n) is 20.8. The van der Waals surface area contributed by atoms with Gasteiger partial charge in [-0.25, -0.2) is 0 Å². The topological polar surface area (TPSA) is 149 Å². The first kappa shape index (κ1) is 66.9. The van der Waals surface area contributed by atoms with Gasteiger partial charge >= 0.3 is 0 Å². The molecule has 6 N–H and O–H groups in total. The Kier molecular flexibility index (Phi) is 48.4. The van der Waals surface area contributed by atoms with Crippen LogP contribution in [0, 0.1) is 0 Å². The van der Waals surface area contributed by atoms with E-state index in [4.69, 9.17) is 9.47 Å². The quantitative estimate of drug-likeness (QED) is 0.0261. The van der Waals surface area contributed by atoms with E-state index in [0.29, 0.717) is 12.8 Å². The number of unbranched alkanes of at least 4 members (excludes halogenated alkanes) is 31. The number of carbonyl (C=O) groups is 1. The minimum atomic E-state index is -1.55. The van der Waals surface area contributed by atoms with Gasteiger partial charge in [0.05, 0.1) is 25.4 Å². The number of rotatable bonds is 51. The fraction of sp³-hybridized carbons (Fsp3) is 0.823. The number of amides is 1. The van der Waals surface area contributed by atoms with Gasteiger partial charge in [0.1, 0.15) is 24.4 Å². The molecule has 71 heavy (non-hydrogen) atoms. The number of allylic oxidation sites excluding steroid dienone is 10. The Hall–Kier alpha value is -2.11. The second kappa shape index (κ2) is 51.4. The van der Waals surface area contributed by atoms with E-state index in [1.165, 1.54) is 173 Å². The highest BCUT2D eigenvalue weighted by atomic mass is 16.7. The molecule has 7 unspecified atom stereocenters. The van der Waals surface area contributed by atoms with E-state index in [2.05, 4.69) is 79.9 Å². The molecule has 0 aromatic carbocycles. The van der Waals surface area contributed by atoms with E-state index in [0.717, 1.165) is 70.6 Å². The third-order valence-corrected chi connectivity index (χ3v) is 14.1. The van der Waals surface area contributed by atoms with Crippen LogP contribution in [0.1, 0.15) is 271 Å². The molecule has 1 amide bonds. The lowest BCUT2D eigenvalue weighted by molar-refractivity contribution is -0.302. The lowest BCUT2D eigenvalue weighted by atomic mass is 9.99. The maximum atomic E-state index is 13.1. The Morgan fingerprint density at radius 2 is 0.873 bits per heavy atom. The average Bonchev–Trinajstić information content (AvgIpc) is 3.37. The van der Waals surface area contributed by atoms with Crippen molar-refractivity contribution in [1.82, 2.24) is 5.32 Å². The van der Waals surface area contributed by atoms with Crippen molar-refractivity contribution >= 4 is 5.91 Å². The molecule has 9 nitrogen and oxygen atoms in total. The molecule has 0 spiro atoms. The molecule has 0 saturated carbocycles. The molecule has 9 heteroatoms. The molecule has 414 valence electrons. The third kappa shape index (κ3) is 40.9. The Bertz CT molecular complexity index is 1300. The Morgan fingerprint density at radius 3 is 1.30 bits per heavy atom. The SMILES string of the molecule is CC/C=C\C/C=C\C/C=C\C/C=C\C/C=C\CCCCCCCCCCCCCCCCCC(=O)NC(COC1OC(CO)C(O)C(O)C1O)C(O)CCCCCCCCCCCCCCCCCCC. The number of aliphatic hydroxyl groups is 5. The van der Waals surface area contributed by atoms with Crippen LogP contribution in [0.15, 0.2) is 60.8 Å². The van der Waals surface area contributed by atoms with E-state index in [1.54, 1.807) is 0 Å². The minimum Gasteiger partial charge on any atom is -0.394 e. The molecule has 7 atom stereocenters. The number of ether oxygens (including phenoxy) is 2. The van der Waals surface area contributed by atoms with Crippen LogP contribution in [0.3, 0.4) is 0 Å². The zero-order valence-corrected chi connectivity index (χ0v) is 46.0. The standard InChI is InChI=1S/C62H113NO8/c1-3-5-7-9-11-13-15-17-19-21-22-23-24-25-26-27-28-29-30-31-32-33-34-36-38-40-42-44-46-48-50-52-58(66)63-55(54-70-62-61(69)60(68)59(67)57(53-64)71-62)56(65)51-49-47-45-43-41-39-37-35-20-18-16-14-12-10-8-6-4-2/h5,7,11,13,17,19,22-23,25-26,55-57,59-62,64-65,67-69H,3-4,6,8-10,12,14-16,18,20-21,24,27-54H2,1-2H3,(H,63,66)/b7-5-,13-11-,19-17-,23-22-,26-25-. The van der Waals surface area contributed by atoms with Crippen LogP contribution in [0.25, 0.3) is 0 Å². The van der Waals surface area contributed by atoms with Gasteiger partial charge in [-0.1, -0.05) is 267 Å². The van der Waals surface area contributed by atoms with Crippen molar-refractivity contribution in [1.29, 1.82) is 0 Å². The second-order valence-corrected chi connectivity index (χ2v) is 20.8. The van der Waals surface area contributed by atoms with Gasteiger partial charge in [0.25, 0.3) is 0 Å². The smallest absolute Gasteiger partial charge is 0.220 e. The van der Waals surface area contributed by atoms with E-state index in [1.807, 2.05) is 0 Å². The molecule has 1 aliphatic heterocycles. The van der Waals surface area contributed by atoms with Gasteiger partial charge in [0.2, 0.25) is 5.91 Å². The highest BCUT2D eigenvalue weighted by molar-refractivity contribution is 5.76. The zero-order chi connectivity index (χ0) is 51.5.